The van der Waals surface area contributed by atoms with E-state index in [4.69, 9.17) is 0 Å². The molecule has 29 heavy (non-hydrogen) atoms. The first-order chi connectivity index (χ1) is 14.1. The highest BCUT2D eigenvalue weighted by Gasteiger charge is 2.31. The highest BCUT2D eigenvalue weighted by atomic mass is 16.2. The van der Waals surface area contributed by atoms with Crippen LogP contribution in [-0.4, -0.2) is 59.7 Å². The Hall–Kier alpha value is -2.21. The maximum absolute atomic E-state index is 13.2. The van der Waals surface area contributed by atoms with Crippen LogP contribution in [0.4, 0.5) is 5.69 Å². The third-order valence-corrected chi connectivity index (χ3v) is 6.48. The lowest BCUT2D eigenvalue weighted by Gasteiger charge is -2.38. The number of benzene rings is 1. The molecule has 1 aromatic rings. The molecule has 3 aliphatic rings. The van der Waals surface area contributed by atoms with Gasteiger partial charge in [-0.05, 0) is 69.5 Å². The summed E-state index contributed by atoms with van der Waals surface area (Å²) >= 11 is 0. The Morgan fingerprint density at radius 1 is 0.828 bits per heavy atom. The summed E-state index contributed by atoms with van der Waals surface area (Å²) < 4.78 is 0. The van der Waals surface area contributed by atoms with E-state index in [0.29, 0.717) is 11.3 Å². The van der Waals surface area contributed by atoms with Crippen molar-refractivity contribution in [3.8, 4) is 0 Å². The van der Waals surface area contributed by atoms with Crippen LogP contribution >= 0.6 is 0 Å². The van der Waals surface area contributed by atoms with Crippen LogP contribution in [0.2, 0.25) is 0 Å². The molecule has 1 aromatic carbocycles. The van der Waals surface area contributed by atoms with Gasteiger partial charge in [0.15, 0.2) is 0 Å². The van der Waals surface area contributed by atoms with Gasteiger partial charge >= 0.3 is 0 Å². The van der Waals surface area contributed by atoms with Crippen molar-refractivity contribution >= 4 is 23.4 Å². The van der Waals surface area contributed by atoms with Gasteiger partial charge in [-0.1, -0.05) is 12.8 Å². The standard InChI is InChI=1S/C23H31N3O3/c27-21-12-13-22(28)26(21)19-10-8-18(9-11-19)23(29)25-16-6-3-7-20(25)17-24-14-4-1-2-5-15-24/h8-11,20H,1-7,12-17H2. The smallest absolute Gasteiger partial charge is 0.254 e. The molecule has 4 rings (SSSR count). The molecule has 0 N–H and O–H groups in total. The van der Waals surface area contributed by atoms with E-state index in [1.165, 1.54) is 37.0 Å². The van der Waals surface area contributed by atoms with Crippen molar-refractivity contribution in [2.75, 3.05) is 31.1 Å². The van der Waals surface area contributed by atoms with E-state index in [0.717, 1.165) is 39.0 Å². The molecule has 0 radical (unpaired) electrons. The molecule has 0 aliphatic carbocycles. The number of piperidine rings is 1. The third-order valence-electron chi connectivity index (χ3n) is 6.48. The monoisotopic (exact) mass is 397 g/mol. The Morgan fingerprint density at radius 3 is 2.10 bits per heavy atom. The van der Waals surface area contributed by atoms with Crippen LogP contribution in [-0.2, 0) is 9.59 Å². The summed E-state index contributed by atoms with van der Waals surface area (Å²) in [6, 6.07) is 7.24. The minimum absolute atomic E-state index is 0.0650. The van der Waals surface area contributed by atoms with Crippen LogP contribution in [0, 0.1) is 0 Å². The van der Waals surface area contributed by atoms with Crippen LogP contribution in [0.15, 0.2) is 24.3 Å². The van der Waals surface area contributed by atoms with Crippen molar-refractivity contribution < 1.29 is 14.4 Å². The summed E-state index contributed by atoms with van der Waals surface area (Å²) in [5.74, 6) is -0.264. The molecule has 0 aromatic heterocycles. The Morgan fingerprint density at radius 2 is 1.45 bits per heavy atom. The van der Waals surface area contributed by atoms with E-state index in [1.54, 1.807) is 24.3 Å². The Labute approximate surface area is 172 Å². The first kappa shape index (κ1) is 20.1. The zero-order valence-electron chi connectivity index (χ0n) is 17.1. The number of nitrogens with zero attached hydrogens (tertiary/aromatic N) is 3. The van der Waals surface area contributed by atoms with Crippen LogP contribution < -0.4 is 4.90 Å². The highest BCUT2D eigenvalue weighted by molar-refractivity contribution is 6.19. The van der Waals surface area contributed by atoms with E-state index in [9.17, 15) is 14.4 Å². The van der Waals surface area contributed by atoms with Crippen LogP contribution in [0.5, 0.6) is 0 Å². The molecule has 1 unspecified atom stereocenters. The summed E-state index contributed by atoms with van der Waals surface area (Å²) in [6.45, 7) is 4.07. The molecule has 0 spiro atoms. The second-order valence-electron chi connectivity index (χ2n) is 8.53. The number of hydrogen-bond acceptors (Lipinski definition) is 4. The zero-order valence-corrected chi connectivity index (χ0v) is 17.1. The summed E-state index contributed by atoms with van der Waals surface area (Å²) in [5, 5.41) is 0. The second kappa shape index (κ2) is 9.08. The van der Waals surface area contributed by atoms with Crippen molar-refractivity contribution in [2.45, 2.75) is 63.8 Å². The van der Waals surface area contributed by atoms with E-state index in [2.05, 4.69) is 9.80 Å². The molecule has 156 valence electrons. The number of rotatable bonds is 4. The zero-order chi connectivity index (χ0) is 20.2. The van der Waals surface area contributed by atoms with Gasteiger partial charge in [-0.25, -0.2) is 0 Å². The minimum atomic E-state index is -0.164. The van der Waals surface area contributed by atoms with Crippen LogP contribution in [0.1, 0.15) is 68.1 Å². The topological polar surface area (TPSA) is 60.9 Å². The van der Waals surface area contributed by atoms with Gasteiger partial charge in [-0.15, -0.1) is 0 Å². The quantitative estimate of drug-likeness (QED) is 0.732. The van der Waals surface area contributed by atoms with E-state index in [-0.39, 0.29) is 36.6 Å². The number of imide groups is 1. The number of carbonyl (C=O) groups is 3. The molecule has 1 atom stereocenters. The maximum atomic E-state index is 13.2. The Kier molecular flexibility index (Phi) is 6.28. The normalized spacial score (nSPS) is 24.1. The van der Waals surface area contributed by atoms with Crippen molar-refractivity contribution in [3.05, 3.63) is 29.8 Å². The van der Waals surface area contributed by atoms with Gasteiger partial charge in [0.1, 0.15) is 0 Å². The molecule has 3 saturated heterocycles. The summed E-state index contributed by atoms with van der Waals surface area (Å²) in [7, 11) is 0. The molecule has 3 aliphatic heterocycles. The van der Waals surface area contributed by atoms with Gasteiger partial charge in [0.2, 0.25) is 11.8 Å². The van der Waals surface area contributed by atoms with E-state index < -0.39 is 0 Å². The van der Waals surface area contributed by atoms with Crippen molar-refractivity contribution in [3.63, 3.8) is 0 Å². The first-order valence-corrected chi connectivity index (χ1v) is 11.1. The molecule has 3 heterocycles. The number of anilines is 1. The number of likely N-dealkylation sites (tertiary alicyclic amines) is 2. The Balaban J connectivity index is 1.45. The molecule has 3 amide bonds. The molecular formula is C23H31N3O3. The third kappa shape index (κ3) is 4.53. The van der Waals surface area contributed by atoms with Crippen LogP contribution in [0.25, 0.3) is 0 Å². The van der Waals surface area contributed by atoms with Crippen molar-refractivity contribution in [1.29, 1.82) is 0 Å². The van der Waals surface area contributed by atoms with Gasteiger partial charge in [0.25, 0.3) is 5.91 Å². The van der Waals surface area contributed by atoms with Gasteiger partial charge in [-0.3, -0.25) is 19.3 Å². The van der Waals surface area contributed by atoms with Gasteiger partial charge in [0.05, 0.1) is 5.69 Å². The fourth-order valence-electron chi connectivity index (χ4n) is 4.86. The molecular weight excluding hydrogens is 366 g/mol. The average molecular weight is 398 g/mol. The summed E-state index contributed by atoms with van der Waals surface area (Å²) in [5.41, 5.74) is 1.20. The average Bonchev–Trinajstić information content (AvgIpc) is 2.92. The minimum Gasteiger partial charge on any atom is -0.334 e. The van der Waals surface area contributed by atoms with E-state index >= 15 is 0 Å². The Bertz CT molecular complexity index is 737. The molecule has 0 saturated carbocycles. The predicted molar refractivity (Wildman–Crippen MR) is 112 cm³/mol. The lowest BCUT2D eigenvalue weighted by atomic mass is 10.00. The molecule has 0 bridgehead atoms. The number of amides is 3. The molecule has 6 nitrogen and oxygen atoms in total. The highest BCUT2D eigenvalue weighted by Crippen LogP contribution is 2.25. The van der Waals surface area contributed by atoms with Crippen molar-refractivity contribution in [2.24, 2.45) is 0 Å². The van der Waals surface area contributed by atoms with Gasteiger partial charge in [0, 0.05) is 37.5 Å². The fourth-order valence-corrected chi connectivity index (χ4v) is 4.86. The maximum Gasteiger partial charge on any atom is 0.254 e. The lowest BCUT2D eigenvalue weighted by molar-refractivity contribution is -0.121. The van der Waals surface area contributed by atoms with Crippen molar-refractivity contribution in [1.82, 2.24) is 9.80 Å². The fraction of sp³-hybridized carbons (Fsp3) is 0.609. The van der Waals surface area contributed by atoms with Gasteiger partial charge in [-0.2, -0.15) is 0 Å². The lowest BCUT2D eigenvalue weighted by Crippen LogP contribution is -2.49. The van der Waals surface area contributed by atoms with E-state index in [1.807, 2.05) is 0 Å². The second-order valence-corrected chi connectivity index (χ2v) is 8.53. The number of hydrogen-bond donors (Lipinski definition) is 0. The van der Waals surface area contributed by atoms with Crippen LogP contribution in [0.3, 0.4) is 0 Å². The number of carbonyl (C=O) groups excluding carboxylic acids is 3. The molecule has 6 heteroatoms. The summed E-state index contributed by atoms with van der Waals surface area (Å²) in [6.07, 6.45) is 8.99. The first-order valence-electron chi connectivity index (χ1n) is 11.1. The molecule has 3 fully saturated rings. The predicted octanol–water partition coefficient (Wildman–Crippen LogP) is 3.21. The van der Waals surface area contributed by atoms with Gasteiger partial charge < -0.3 is 9.80 Å². The largest absolute Gasteiger partial charge is 0.334 e. The SMILES string of the molecule is O=C1CCC(=O)N1c1ccc(C(=O)N2CCCCC2CN2CCCCCC2)cc1. The summed E-state index contributed by atoms with van der Waals surface area (Å²) in [4.78, 5) is 42.9.